The molecule has 13 aromatic rings. The summed E-state index contributed by atoms with van der Waals surface area (Å²) >= 11 is 0. The van der Waals surface area contributed by atoms with Gasteiger partial charge in [0, 0.05) is 49.7 Å². The molecule has 0 fully saturated rings. The lowest BCUT2D eigenvalue weighted by atomic mass is 9.81. The van der Waals surface area contributed by atoms with Crippen LogP contribution in [-0.2, 0) is 5.41 Å². The third-order valence-electron chi connectivity index (χ3n) is 14.6. The standard InChI is InChI=1S/C65H43N3O/c1-65(2)55-27-10-8-23-50(55)51-32-29-45(37-56(51)65)43-19-12-18-42(35-43)44-20-13-21-46(36-44)49-25-14-26-54-62-48-22-7-6-15-40(48)31-34-58(62)68(63(49)54)61-39-57(66-64(67-61)41-16-4-3-5-17-41)47-30-33-53-52-24-9-11-28-59(52)69-60(53)38-47/h3-39H,1-2H3. The summed E-state index contributed by atoms with van der Waals surface area (Å²) < 4.78 is 8.77. The minimum absolute atomic E-state index is 0.0656. The number of aromatic nitrogens is 3. The quantitative estimate of drug-likeness (QED) is 0.167. The van der Waals surface area contributed by atoms with Crippen LogP contribution in [0, 0.1) is 0 Å². The fourth-order valence-corrected chi connectivity index (χ4v) is 11.2. The van der Waals surface area contributed by atoms with Gasteiger partial charge in [-0.2, -0.15) is 0 Å². The second kappa shape index (κ2) is 15.1. The van der Waals surface area contributed by atoms with Crippen LogP contribution in [0.4, 0.5) is 0 Å². The van der Waals surface area contributed by atoms with Crippen molar-refractivity contribution in [2.24, 2.45) is 0 Å². The van der Waals surface area contributed by atoms with Crippen LogP contribution >= 0.6 is 0 Å². The Labute approximate surface area is 399 Å². The predicted octanol–water partition coefficient (Wildman–Crippen LogP) is 17.3. The van der Waals surface area contributed by atoms with Crippen molar-refractivity contribution in [1.29, 1.82) is 0 Å². The van der Waals surface area contributed by atoms with E-state index in [1.807, 2.05) is 30.3 Å². The van der Waals surface area contributed by atoms with Crippen LogP contribution in [0.1, 0.15) is 25.0 Å². The van der Waals surface area contributed by atoms with E-state index in [1.165, 1.54) is 60.5 Å². The van der Waals surface area contributed by atoms with Crippen LogP contribution in [-0.4, -0.2) is 14.5 Å². The minimum atomic E-state index is -0.0656. The molecule has 3 aromatic heterocycles. The van der Waals surface area contributed by atoms with Gasteiger partial charge in [0.05, 0.1) is 16.7 Å². The van der Waals surface area contributed by atoms with Gasteiger partial charge >= 0.3 is 0 Å². The molecule has 0 spiro atoms. The van der Waals surface area contributed by atoms with E-state index in [0.29, 0.717) is 5.82 Å². The van der Waals surface area contributed by atoms with Gasteiger partial charge in [-0.05, 0) is 103 Å². The molecule has 0 N–H and O–H groups in total. The third-order valence-corrected chi connectivity index (χ3v) is 14.6. The zero-order chi connectivity index (χ0) is 45.8. The number of para-hydroxylation sites is 2. The Kier molecular flexibility index (Phi) is 8.59. The maximum absolute atomic E-state index is 6.41. The van der Waals surface area contributed by atoms with Gasteiger partial charge in [0.25, 0.3) is 0 Å². The first-order chi connectivity index (χ1) is 33.9. The third kappa shape index (κ3) is 6.15. The van der Waals surface area contributed by atoms with Crippen molar-refractivity contribution in [3.63, 3.8) is 0 Å². The van der Waals surface area contributed by atoms with Gasteiger partial charge in [-0.3, -0.25) is 4.57 Å². The van der Waals surface area contributed by atoms with Crippen molar-refractivity contribution >= 4 is 54.5 Å². The Morgan fingerprint density at radius 2 is 1.01 bits per heavy atom. The molecule has 324 valence electrons. The molecule has 0 bridgehead atoms. The molecule has 0 unspecified atom stereocenters. The Morgan fingerprint density at radius 3 is 1.87 bits per heavy atom. The molecule has 4 heteroatoms. The summed E-state index contributed by atoms with van der Waals surface area (Å²) in [6.07, 6.45) is 0. The van der Waals surface area contributed by atoms with E-state index in [1.54, 1.807) is 0 Å². The van der Waals surface area contributed by atoms with Gasteiger partial charge in [0.1, 0.15) is 17.0 Å². The zero-order valence-electron chi connectivity index (χ0n) is 38.1. The maximum atomic E-state index is 6.41. The molecule has 0 saturated carbocycles. The first kappa shape index (κ1) is 39.3. The van der Waals surface area contributed by atoms with E-state index in [9.17, 15) is 0 Å². The lowest BCUT2D eigenvalue weighted by Gasteiger charge is -2.22. The fourth-order valence-electron chi connectivity index (χ4n) is 11.2. The van der Waals surface area contributed by atoms with Gasteiger partial charge in [-0.1, -0.05) is 190 Å². The number of rotatable bonds is 6. The number of furan rings is 1. The Balaban J connectivity index is 0.953. The molecule has 4 nitrogen and oxygen atoms in total. The number of hydrogen-bond donors (Lipinski definition) is 0. The summed E-state index contributed by atoms with van der Waals surface area (Å²) in [7, 11) is 0. The summed E-state index contributed by atoms with van der Waals surface area (Å²) in [6.45, 7) is 4.70. The average Bonchev–Trinajstić information content (AvgIpc) is 4.04. The molecule has 0 aliphatic heterocycles. The van der Waals surface area contributed by atoms with Crippen LogP contribution in [0.5, 0.6) is 0 Å². The van der Waals surface area contributed by atoms with Crippen LogP contribution in [0.25, 0.3) is 127 Å². The van der Waals surface area contributed by atoms with E-state index in [-0.39, 0.29) is 5.41 Å². The van der Waals surface area contributed by atoms with Crippen molar-refractivity contribution in [3.8, 4) is 73.0 Å². The van der Waals surface area contributed by atoms with Crippen LogP contribution in [0.15, 0.2) is 229 Å². The predicted molar refractivity (Wildman–Crippen MR) is 286 cm³/mol. The zero-order valence-corrected chi connectivity index (χ0v) is 38.1. The van der Waals surface area contributed by atoms with Crippen molar-refractivity contribution in [1.82, 2.24) is 14.5 Å². The molecule has 1 aliphatic rings. The SMILES string of the molecule is CC1(C)c2ccccc2-c2ccc(-c3cccc(-c4cccc(-c5cccc6c7c8ccccc8ccc7n(-c7cc(-c8ccc9c(c8)oc8ccccc89)nc(-c8ccccc8)n7)c56)c4)c3)cc21. The van der Waals surface area contributed by atoms with E-state index in [4.69, 9.17) is 14.4 Å². The Bertz CT molecular complexity index is 4230. The topological polar surface area (TPSA) is 43.9 Å². The van der Waals surface area contributed by atoms with Crippen LogP contribution < -0.4 is 0 Å². The molecular weight excluding hydrogens is 839 g/mol. The molecule has 0 amide bonds. The van der Waals surface area contributed by atoms with E-state index >= 15 is 0 Å². The first-order valence-corrected chi connectivity index (χ1v) is 23.7. The molecule has 69 heavy (non-hydrogen) atoms. The van der Waals surface area contributed by atoms with Gasteiger partial charge < -0.3 is 4.42 Å². The second-order valence-corrected chi connectivity index (χ2v) is 18.9. The van der Waals surface area contributed by atoms with Crippen molar-refractivity contribution in [2.45, 2.75) is 19.3 Å². The van der Waals surface area contributed by atoms with Gasteiger partial charge in [0.15, 0.2) is 5.82 Å². The lowest BCUT2D eigenvalue weighted by Crippen LogP contribution is -2.14. The lowest BCUT2D eigenvalue weighted by molar-refractivity contribution is 0.660. The molecule has 3 heterocycles. The van der Waals surface area contributed by atoms with Crippen molar-refractivity contribution in [3.05, 3.63) is 236 Å². The molecular formula is C65H43N3O. The summed E-state index contributed by atoms with van der Waals surface area (Å²) in [5.41, 5.74) is 19.0. The van der Waals surface area contributed by atoms with Crippen LogP contribution in [0.3, 0.4) is 0 Å². The van der Waals surface area contributed by atoms with Crippen molar-refractivity contribution in [2.75, 3.05) is 0 Å². The van der Waals surface area contributed by atoms with Crippen LogP contribution in [0.2, 0.25) is 0 Å². The largest absolute Gasteiger partial charge is 0.456 e. The Hall–Kier alpha value is -8.86. The monoisotopic (exact) mass is 881 g/mol. The number of nitrogens with zero attached hydrogens (tertiary/aromatic N) is 3. The molecule has 0 atom stereocenters. The smallest absolute Gasteiger partial charge is 0.162 e. The average molecular weight is 882 g/mol. The summed E-state index contributed by atoms with van der Waals surface area (Å²) in [6, 6.07) is 80.9. The highest BCUT2D eigenvalue weighted by molar-refractivity contribution is 6.23. The van der Waals surface area contributed by atoms with E-state index in [0.717, 1.165) is 72.3 Å². The highest BCUT2D eigenvalue weighted by atomic mass is 16.3. The van der Waals surface area contributed by atoms with Gasteiger partial charge in [-0.15, -0.1) is 0 Å². The minimum Gasteiger partial charge on any atom is -0.456 e. The number of benzene rings is 10. The molecule has 10 aromatic carbocycles. The highest BCUT2D eigenvalue weighted by Gasteiger charge is 2.35. The molecule has 14 rings (SSSR count). The molecule has 0 saturated heterocycles. The number of hydrogen-bond acceptors (Lipinski definition) is 3. The Morgan fingerprint density at radius 1 is 0.391 bits per heavy atom. The maximum Gasteiger partial charge on any atom is 0.162 e. The number of fused-ring (bicyclic) bond motifs is 11. The second-order valence-electron chi connectivity index (χ2n) is 18.9. The summed E-state index contributed by atoms with van der Waals surface area (Å²) in [5.74, 6) is 1.44. The summed E-state index contributed by atoms with van der Waals surface area (Å²) in [4.78, 5) is 10.7. The first-order valence-electron chi connectivity index (χ1n) is 23.7. The van der Waals surface area contributed by atoms with Gasteiger partial charge in [-0.25, -0.2) is 9.97 Å². The van der Waals surface area contributed by atoms with Crippen molar-refractivity contribution < 1.29 is 4.42 Å². The molecule has 1 aliphatic carbocycles. The molecule has 0 radical (unpaired) electrons. The summed E-state index contributed by atoms with van der Waals surface area (Å²) in [5, 5.41) is 6.94. The fraction of sp³-hybridized carbons (Fsp3) is 0.0462. The van der Waals surface area contributed by atoms with E-state index < -0.39 is 0 Å². The van der Waals surface area contributed by atoms with Gasteiger partial charge in [0.2, 0.25) is 0 Å². The normalized spacial score (nSPS) is 12.9. The highest BCUT2D eigenvalue weighted by Crippen LogP contribution is 2.50. The van der Waals surface area contributed by atoms with E-state index in [2.05, 4.69) is 213 Å².